The summed E-state index contributed by atoms with van der Waals surface area (Å²) in [7, 11) is 0. The molecule has 1 aliphatic carbocycles. The molecule has 2 N–H and O–H groups in total. The van der Waals surface area contributed by atoms with Gasteiger partial charge in [0.05, 0.1) is 11.0 Å². The number of aromatic carboxylic acids is 1. The zero-order valence-corrected chi connectivity index (χ0v) is 18.6. The minimum absolute atomic E-state index is 0. The average molecular weight is 488 g/mol. The van der Waals surface area contributed by atoms with Crippen molar-refractivity contribution < 1.29 is 34.4 Å². The van der Waals surface area contributed by atoms with E-state index in [0.29, 0.717) is 40.2 Å². The summed E-state index contributed by atoms with van der Waals surface area (Å²) in [5, 5.41) is 12.6. The maximum Gasteiger partial charge on any atom is 0.586 e. The van der Waals surface area contributed by atoms with Crippen molar-refractivity contribution in [2.24, 2.45) is 0 Å². The maximum absolute atomic E-state index is 13.4. The predicted octanol–water partition coefficient (Wildman–Crippen LogP) is 6.25. The van der Waals surface area contributed by atoms with Crippen molar-refractivity contribution in [3.05, 3.63) is 76.3 Å². The molecule has 0 atom stereocenters. The van der Waals surface area contributed by atoms with Crippen molar-refractivity contribution in [2.45, 2.75) is 31.5 Å². The Hall–Kier alpha value is -3.65. The summed E-state index contributed by atoms with van der Waals surface area (Å²) in [6.45, 7) is 1.86. The van der Waals surface area contributed by atoms with Gasteiger partial charge in [-0.15, -0.1) is 8.78 Å². The molecule has 1 aliphatic heterocycles. The molecule has 0 spiro atoms. The van der Waals surface area contributed by atoms with E-state index in [1.54, 1.807) is 24.3 Å². The molecular weight excluding hydrogens is 468 g/mol. The van der Waals surface area contributed by atoms with E-state index in [4.69, 9.17) is 11.6 Å². The van der Waals surface area contributed by atoms with Crippen molar-refractivity contribution in [2.75, 3.05) is 5.32 Å². The van der Waals surface area contributed by atoms with Gasteiger partial charge in [-0.25, -0.2) is 4.79 Å². The molecule has 5 rings (SSSR count). The number of fused-ring (bicyclic) bond motifs is 1. The van der Waals surface area contributed by atoms with Gasteiger partial charge in [-0.2, -0.15) is 0 Å². The molecule has 0 bridgehead atoms. The molecule has 176 valence electrons. The van der Waals surface area contributed by atoms with E-state index in [1.807, 2.05) is 6.92 Å². The highest BCUT2D eigenvalue weighted by Crippen LogP contribution is 2.52. The van der Waals surface area contributed by atoms with Gasteiger partial charge in [-0.3, -0.25) is 4.79 Å². The Morgan fingerprint density at radius 1 is 1.00 bits per heavy atom. The molecule has 6 nitrogen and oxygen atoms in total. The van der Waals surface area contributed by atoms with Crippen LogP contribution in [0, 0.1) is 6.92 Å². The van der Waals surface area contributed by atoms with Gasteiger partial charge in [-0.05, 0) is 78.9 Å². The zero-order valence-electron chi connectivity index (χ0n) is 17.8. The lowest BCUT2D eigenvalue weighted by molar-refractivity contribution is -0.286. The normalized spacial score (nSPS) is 16.7. The molecule has 0 radical (unpaired) electrons. The highest BCUT2D eigenvalue weighted by Gasteiger charge is 2.52. The average Bonchev–Trinajstić information content (AvgIpc) is 3.52. The number of benzene rings is 3. The third-order valence-corrected chi connectivity index (χ3v) is 6.47. The van der Waals surface area contributed by atoms with E-state index in [-0.39, 0.29) is 24.4 Å². The van der Waals surface area contributed by atoms with Crippen LogP contribution >= 0.6 is 11.6 Å². The first-order valence-corrected chi connectivity index (χ1v) is 10.8. The first-order chi connectivity index (χ1) is 16.1. The molecule has 0 aromatic heterocycles. The molecule has 1 fully saturated rings. The van der Waals surface area contributed by atoms with Crippen molar-refractivity contribution in [3.63, 3.8) is 0 Å². The number of aryl methyl sites for hydroxylation is 1. The number of carboxylic acids is 1. The molecule has 1 saturated carbocycles. The number of hydrogen-bond donors (Lipinski definition) is 2. The Kier molecular flexibility index (Phi) is 5.02. The second-order valence-corrected chi connectivity index (χ2v) is 8.80. The summed E-state index contributed by atoms with van der Waals surface area (Å²) in [6, 6.07) is 14.1. The van der Waals surface area contributed by atoms with Crippen molar-refractivity contribution in [1.29, 1.82) is 0 Å². The number of halogens is 3. The minimum atomic E-state index is -3.72. The number of carboxylic acid groups (broad SMARTS) is 1. The van der Waals surface area contributed by atoms with E-state index in [2.05, 4.69) is 14.8 Å². The molecule has 9 heteroatoms. The molecule has 2 aliphatic rings. The summed E-state index contributed by atoms with van der Waals surface area (Å²) in [5.41, 5.74) is 2.37. The SMILES string of the molecule is Cc1ccc(NC(=O)C2(c3ccc4c(c3)OC(F)(F)O4)CC2)cc1-c1cc(C(=O)O)ccc1Cl.[HH]. The Morgan fingerprint density at radius 3 is 2.44 bits per heavy atom. The fraction of sp³-hybridized carbons (Fsp3) is 0.200. The molecule has 1 amide bonds. The van der Waals surface area contributed by atoms with E-state index in [0.717, 1.165) is 5.56 Å². The predicted molar refractivity (Wildman–Crippen MR) is 123 cm³/mol. The lowest BCUT2D eigenvalue weighted by Crippen LogP contribution is -2.28. The minimum Gasteiger partial charge on any atom is -0.478 e. The largest absolute Gasteiger partial charge is 0.586 e. The molecule has 34 heavy (non-hydrogen) atoms. The summed E-state index contributed by atoms with van der Waals surface area (Å²) in [6.07, 6.45) is -2.61. The van der Waals surface area contributed by atoms with E-state index < -0.39 is 17.7 Å². The Bertz CT molecular complexity index is 1360. The molecule has 0 unspecified atom stereocenters. The van der Waals surface area contributed by atoms with Crippen LogP contribution in [0.1, 0.15) is 35.8 Å². The Labute approximate surface area is 199 Å². The fourth-order valence-corrected chi connectivity index (χ4v) is 4.34. The third kappa shape index (κ3) is 3.84. The van der Waals surface area contributed by atoms with E-state index in [1.165, 1.54) is 30.3 Å². The number of ether oxygens (including phenoxy) is 2. The third-order valence-electron chi connectivity index (χ3n) is 6.14. The quantitative estimate of drug-likeness (QED) is 0.444. The van der Waals surface area contributed by atoms with Gasteiger partial charge < -0.3 is 19.9 Å². The van der Waals surface area contributed by atoms with Gasteiger partial charge >= 0.3 is 12.3 Å². The van der Waals surface area contributed by atoms with Crippen LogP contribution in [0.4, 0.5) is 14.5 Å². The summed E-state index contributed by atoms with van der Waals surface area (Å²) in [5.74, 6) is -1.53. The van der Waals surface area contributed by atoms with Crippen LogP contribution in [0.25, 0.3) is 11.1 Å². The van der Waals surface area contributed by atoms with Gasteiger partial charge in [-0.1, -0.05) is 23.7 Å². The van der Waals surface area contributed by atoms with E-state index in [9.17, 15) is 23.5 Å². The number of nitrogens with one attached hydrogen (secondary N) is 1. The van der Waals surface area contributed by atoms with Crippen LogP contribution in [0.15, 0.2) is 54.6 Å². The first-order valence-electron chi connectivity index (χ1n) is 10.4. The van der Waals surface area contributed by atoms with Gasteiger partial charge in [0, 0.05) is 17.7 Å². The van der Waals surface area contributed by atoms with Crippen LogP contribution in [0.2, 0.25) is 5.02 Å². The van der Waals surface area contributed by atoms with E-state index >= 15 is 0 Å². The smallest absolute Gasteiger partial charge is 0.478 e. The second kappa shape index (κ2) is 7.70. The summed E-state index contributed by atoms with van der Waals surface area (Å²) >= 11 is 6.34. The highest BCUT2D eigenvalue weighted by molar-refractivity contribution is 6.33. The molecule has 3 aromatic carbocycles. The van der Waals surface area contributed by atoms with Gasteiger partial charge in [0.15, 0.2) is 11.5 Å². The van der Waals surface area contributed by atoms with Crippen molar-refractivity contribution in [1.82, 2.24) is 0 Å². The zero-order chi connectivity index (χ0) is 24.3. The van der Waals surface area contributed by atoms with Crippen LogP contribution in [-0.2, 0) is 10.2 Å². The first kappa shape index (κ1) is 22.2. The van der Waals surface area contributed by atoms with Gasteiger partial charge in [0.1, 0.15) is 0 Å². The van der Waals surface area contributed by atoms with Gasteiger partial charge in [0.2, 0.25) is 5.91 Å². The lowest BCUT2D eigenvalue weighted by Gasteiger charge is -2.17. The Morgan fingerprint density at radius 2 is 1.74 bits per heavy atom. The number of rotatable bonds is 5. The maximum atomic E-state index is 13.4. The van der Waals surface area contributed by atoms with Crippen LogP contribution in [0.3, 0.4) is 0 Å². The number of carbonyl (C=O) groups is 2. The standard InChI is InChI=1S/C25H18ClF2NO5.H2/c1-13-2-5-16(12-17(13)18-10-14(22(30)31)3-6-19(18)26)29-23(32)24(8-9-24)15-4-7-20-21(11-15)34-25(27,28)33-20;/h2-7,10-12H,8-9H2,1H3,(H,29,32)(H,30,31);1H. The van der Waals surface area contributed by atoms with Gasteiger partial charge in [0.25, 0.3) is 0 Å². The molecule has 1 heterocycles. The van der Waals surface area contributed by atoms with Crippen molar-refractivity contribution >= 4 is 29.2 Å². The molecule has 3 aromatic rings. The number of anilines is 1. The fourth-order valence-electron chi connectivity index (χ4n) is 4.12. The molecule has 0 saturated heterocycles. The van der Waals surface area contributed by atoms with Crippen molar-refractivity contribution in [3.8, 4) is 22.6 Å². The lowest BCUT2D eigenvalue weighted by atomic mass is 9.94. The number of alkyl halides is 2. The van der Waals surface area contributed by atoms with Crippen LogP contribution < -0.4 is 14.8 Å². The second-order valence-electron chi connectivity index (χ2n) is 8.39. The Balaban J connectivity index is 0.00000289. The highest BCUT2D eigenvalue weighted by atomic mass is 35.5. The summed E-state index contributed by atoms with van der Waals surface area (Å²) in [4.78, 5) is 24.6. The molecular formula is C25H20ClF2NO5. The topological polar surface area (TPSA) is 84.9 Å². The van der Waals surface area contributed by atoms with Crippen LogP contribution in [-0.4, -0.2) is 23.3 Å². The number of hydrogen-bond acceptors (Lipinski definition) is 4. The van der Waals surface area contributed by atoms with Crippen LogP contribution in [0.5, 0.6) is 11.5 Å². The monoisotopic (exact) mass is 487 g/mol. The summed E-state index contributed by atoms with van der Waals surface area (Å²) < 4.78 is 35.7. The number of amides is 1. The number of carbonyl (C=O) groups excluding carboxylic acids is 1.